The van der Waals surface area contributed by atoms with Gasteiger partial charge < -0.3 is 20.3 Å². The second kappa shape index (κ2) is 14.0. The lowest BCUT2D eigenvalue weighted by molar-refractivity contribution is 0.182. The Kier molecular flexibility index (Phi) is 14.6. The van der Waals surface area contributed by atoms with Gasteiger partial charge in [0.15, 0.2) is 0 Å². The normalized spacial score (nSPS) is 11.1. The summed E-state index contributed by atoms with van der Waals surface area (Å²) in [6, 6.07) is -0.0995. The lowest BCUT2D eigenvalue weighted by Crippen LogP contribution is -2.36. The van der Waals surface area contributed by atoms with Crippen molar-refractivity contribution < 1.29 is 14.3 Å². The lowest BCUT2D eigenvalue weighted by atomic mass is 10.3. The summed E-state index contributed by atoms with van der Waals surface area (Å²) in [4.78, 5) is 26.0. The molecule has 0 spiro atoms. The molecule has 0 aromatic heterocycles. The summed E-state index contributed by atoms with van der Waals surface area (Å²) in [6.45, 7) is 2.87. The van der Waals surface area contributed by atoms with Crippen molar-refractivity contribution in [3.8, 4) is 0 Å². The Morgan fingerprint density at radius 2 is 2.05 bits per heavy atom. The van der Waals surface area contributed by atoms with Crippen LogP contribution < -0.4 is 10.6 Å². The molecule has 0 aliphatic carbocycles. The van der Waals surface area contributed by atoms with Crippen LogP contribution in [0.1, 0.15) is 13.3 Å². The molecule has 0 radical (unpaired) electrons. The summed E-state index contributed by atoms with van der Waals surface area (Å²) in [5.41, 5.74) is 0. The molecular formula is C12H26N4O3S. The zero-order chi connectivity index (χ0) is 16.0. The molecule has 1 atom stereocenters. The van der Waals surface area contributed by atoms with E-state index >= 15 is 0 Å². The molecule has 7 nitrogen and oxygen atoms in total. The zero-order valence-corrected chi connectivity index (χ0v) is 13.9. The summed E-state index contributed by atoms with van der Waals surface area (Å²) in [5, 5.41) is 5.81. The third-order valence-electron chi connectivity index (χ3n) is 2.07. The lowest BCUT2D eigenvalue weighted by Gasteiger charge is -2.11. The number of nitrogens with zero attached hydrogens (tertiary/aromatic N) is 2. The minimum Gasteiger partial charge on any atom is -0.451 e. The molecule has 3 amide bonds. The molecule has 2 N–H and O–H groups in total. The fraction of sp³-hybridized carbons (Fsp3) is 0.750. The first kappa shape index (κ1) is 20.9. The maximum Gasteiger partial charge on any atom is 0.434 e. The van der Waals surface area contributed by atoms with Crippen LogP contribution in [0.3, 0.4) is 0 Å². The van der Waals surface area contributed by atoms with Crippen molar-refractivity contribution in [3.63, 3.8) is 0 Å². The molecule has 0 bridgehead atoms. The van der Waals surface area contributed by atoms with Crippen molar-refractivity contribution in [2.45, 2.75) is 18.6 Å². The maximum atomic E-state index is 10.7. The number of amides is 3. The summed E-state index contributed by atoms with van der Waals surface area (Å²) >= 11 is 1.78. The highest BCUT2D eigenvalue weighted by Gasteiger charge is 2.04. The summed E-state index contributed by atoms with van der Waals surface area (Å²) in [5.74, 6) is 0. The highest BCUT2D eigenvalue weighted by molar-refractivity contribution is 7.99. The predicted octanol–water partition coefficient (Wildman–Crippen LogP) is 1.40. The number of nitrogens with one attached hydrogen (secondary N) is 2. The van der Waals surface area contributed by atoms with E-state index in [-0.39, 0.29) is 6.03 Å². The molecule has 0 aliphatic heterocycles. The van der Waals surface area contributed by atoms with Gasteiger partial charge in [0.2, 0.25) is 0 Å². The van der Waals surface area contributed by atoms with Gasteiger partial charge in [-0.05, 0) is 12.7 Å². The number of ether oxygens (including phenoxy) is 1. The molecule has 0 rings (SSSR count). The van der Waals surface area contributed by atoms with Gasteiger partial charge in [0.1, 0.15) is 0 Å². The number of rotatable bonds is 5. The van der Waals surface area contributed by atoms with Crippen molar-refractivity contribution in [2.24, 2.45) is 4.99 Å². The number of hydrogen-bond acceptors (Lipinski definition) is 4. The van der Waals surface area contributed by atoms with Gasteiger partial charge in [-0.25, -0.2) is 9.59 Å². The first-order valence-corrected chi connectivity index (χ1v) is 7.46. The third kappa shape index (κ3) is 14.6. The van der Waals surface area contributed by atoms with Gasteiger partial charge >= 0.3 is 12.1 Å². The molecule has 8 heteroatoms. The van der Waals surface area contributed by atoms with Crippen LogP contribution in [-0.4, -0.2) is 69.7 Å². The first-order chi connectivity index (χ1) is 9.40. The largest absolute Gasteiger partial charge is 0.451 e. The molecule has 0 heterocycles. The van der Waals surface area contributed by atoms with Crippen LogP contribution in [-0.2, 0) is 4.74 Å². The van der Waals surface area contributed by atoms with Gasteiger partial charge in [0.05, 0.1) is 13.4 Å². The zero-order valence-electron chi connectivity index (χ0n) is 13.1. The minimum atomic E-state index is -0.580. The summed E-state index contributed by atoms with van der Waals surface area (Å²) < 4.78 is 4.24. The van der Waals surface area contributed by atoms with Crippen molar-refractivity contribution in [2.75, 3.05) is 41.1 Å². The van der Waals surface area contributed by atoms with E-state index in [1.165, 1.54) is 13.4 Å². The Hall–Kier alpha value is -1.44. The number of methoxy groups -OCH3 is 1. The van der Waals surface area contributed by atoms with Crippen LogP contribution >= 0.6 is 11.8 Å². The van der Waals surface area contributed by atoms with Gasteiger partial charge in [-0.2, -0.15) is 16.8 Å². The average Bonchev–Trinajstić information content (AvgIpc) is 2.45. The molecule has 0 saturated carbocycles. The molecule has 118 valence electrons. The molecule has 0 saturated heterocycles. The SMILES string of the molecule is CCC(CNC(=O)NC)SC.COC(=O)N=CN(C)C. The molecule has 0 aliphatic rings. The summed E-state index contributed by atoms with van der Waals surface area (Å²) in [6.07, 6.45) is 3.94. The van der Waals surface area contributed by atoms with Crippen LogP contribution in [0.15, 0.2) is 4.99 Å². The fourth-order valence-electron chi connectivity index (χ4n) is 0.905. The third-order valence-corrected chi connectivity index (χ3v) is 3.24. The Balaban J connectivity index is 0. The van der Waals surface area contributed by atoms with Gasteiger partial charge in [-0.1, -0.05) is 6.92 Å². The molecular weight excluding hydrogens is 280 g/mol. The van der Waals surface area contributed by atoms with Crippen molar-refractivity contribution in [1.82, 2.24) is 15.5 Å². The highest BCUT2D eigenvalue weighted by Crippen LogP contribution is 2.08. The second-order valence-electron chi connectivity index (χ2n) is 3.90. The van der Waals surface area contributed by atoms with Crippen molar-refractivity contribution in [1.29, 1.82) is 0 Å². The predicted molar refractivity (Wildman–Crippen MR) is 84.6 cm³/mol. The van der Waals surface area contributed by atoms with Gasteiger partial charge in [-0.3, -0.25) is 0 Å². The second-order valence-corrected chi connectivity index (χ2v) is 5.04. The Bertz CT molecular complexity index is 294. The number of urea groups is 1. The van der Waals surface area contributed by atoms with Crippen molar-refractivity contribution in [3.05, 3.63) is 0 Å². The monoisotopic (exact) mass is 306 g/mol. The van der Waals surface area contributed by atoms with E-state index in [0.717, 1.165) is 13.0 Å². The van der Waals surface area contributed by atoms with Crippen LogP contribution in [0.25, 0.3) is 0 Å². The molecule has 1 unspecified atom stereocenters. The van der Waals surface area contributed by atoms with Gasteiger partial charge in [0, 0.05) is 32.9 Å². The maximum absolute atomic E-state index is 10.7. The van der Waals surface area contributed by atoms with E-state index in [1.54, 1.807) is 37.8 Å². The highest BCUT2D eigenvalue weighted by atomic mass is 32.2. The molecule has 0 aromatic carbocycles. The van der Waals surface area contributed by atoms with E-state index in [4.69, 9.17) is 0 Å². The number of aliphatic imine (C=N–C) groups is 1. The van der Waals surface area contributed by atoms with E-state index in [9.17, 15) is 9.59 Å². The summed E-state index contributed by atoms with van der Waals surface area (Å²) in [7, 11) is 6.45. The van der Waals surface area contributed by atoms with E-state index < -0.39 is 6.09 Å². The topological polar surface area (TPSA) is 83.0 Å². The van der Waals surface area contributed by atoms with Crippen LogP contribution in [0.2, 0.25) is 0 Å². The quantitative estimate of drug-likeness (QED) is 0.592. The van der Waals surface area contributed by atoms with Gasteiger partial charge in [0.25, 0.3) is 0 Å². The van der Waals surface area contributed by atoms with E-state index in [0.29, 0.717) is 5.25 Å². The first-order valence-electron chi connectivity index (χ1n) is 6.18. The Labute approximate surface area is 125 Å². The number of hydrogen-bond donors (Lipinski definition) is 2. The van der Waals surface area contributed by atoms with Crippen LogP contribution in [0.5, 0.6) is 0 Å². The average molecular weight is 306 g/mol. The fourth-order valence-corrected chi connectivity index (χ4v) is 1.49. The van der Waals surface area contributed by atoms with Crippen LogP contribution in [0.4, 0.5) is 9.59 Å². The van der Waals surface area contributed by atoms with E-state index in [1.807, 2.05) is 0 Å². The molecule has 0 fully saturated rings. The standard InChI is InChI=1S/C7H16N2OS.C5H10N2O2/c1-4-6(11-3)5-9-7(10)8-2;1-7(2)4-6-5(8)9-3/h6H,4-5H2,1-3H3,(H2,8,9,10);4H,1-3H3. The number of thioether (sulfide) groups is 1. The van der Waals surface area contributed by atoms with E-state index in [2.05, 4.69) is 33.5 Å². The minimum absolute atomic E-state index is 0.0995. The molecule has 20 heavy (non-hydrogen) atoms. The Morgan fingerprint density at radius 3 is 2.40 bits per heavy atom. The van der Waals surface area contributed by atoms with Crippen molar-refractivity contribution >= 4 is 30.2 Å². The number of carbonyl (C=O) groups is 2. The molecule has 0 aromatic rings. The Morgan fingerprint density at radius 1 is 1.45 bits per heavy atom. The number of carbonyl (C=O) groups excluding carboxylic acids is 2. The van der Waals surface area contributed by atoms with Gasteiger partial charge in [-0.15, -0.1) is 0 Å². The smallest absolute Gasteiger partial charge is 0.434 e. The van der Waals surface area contributed by atoms with Crippen LogP contribution in [0, 0.1) is 0 Å².